The lowest BCUT2D eigenvalue weighted by atomic mass is 9.91. The van der Waals surface area contributed by atoms with Gasteiger partial charge in [0.05, 0.1) is 24.5 Å². The van der Waals surface area contributed by atoms with E-state index in [0.29, 0.717) is 19.4 Å². The van der Waals surface area contributed by atoms with Crippen molar-refractivity contribution in [1.82, 2.24) is 10.2 Å². The number of hydrogen-bond donors (Lipinski definition) is 3. The van der Waals surface area contributed by atoms with Gasteiger partial charge in [0.1, 0.15) is 5.78 Å². The Morgan fingerprint density at radius 1 is 0.972 bits per heavy atom. The molecule has 10 heteroatoms. The molecule has 0 unspecified atom stereocenters. The van der Waals surface area contributed by atoms with Crippen LogP contribution in [0.15, 0.2) is 0 Å². The topological polar surface area (TPSA) is 164 Å². The Kier molecular flexibility index (Phi) is 12.9. The molecule has 1 saturated heterocycles. The lowest BCUT2D eigenvalue weighted by molar-refractivity contribution is -0.143. The second kappa shape index (κ2) is 14.8. The molecular formula is C26H43N3O7. The molecule has 1 heterocycles. The maximum atomic E-state index is 13.0. The lowest BCUT2D eigenvalue weighted by Gasteiger charge is -2.28. The van der Waals surface area contributed by atoms with Crippen molar-refractivity contribution < 1.29 is 33.9 Å². The number of nitrogens with two attached hydrogens (primary N) is 1. The molecule has 0 aromatic rings. The highest BCUT2D eigenvalue weighted by atomic mass is 16.4. The maximum Gasteiger partial charge on any atom is 0.303 e. The second-order valence-electron chi connectivity index (χ2n) is 10.3. The Hall–Kier alpha value is -2.62. The van der Waals surface area contributed by atoms with Crippen molar-refractivity contribution in [1.29, 1.82) is 0 Å². The fourth-order valence-corrected chi connectivity index (χ4v) is 4.40. The molecule has 1 aliphatic heterocycles. The highest BCUT2D eigenvalue weighted by molar-refractivity contribution is 5.95. The van der Waals surface area contributed by atoms with Gasteiger partial charge in [0, 0.05) is 38.1 Å². The monoisotopic (exact) mass is 509 g/mol. The van der Waals surface area contributed by atoms with Crippen molar-refractivity contribution in [2.75, 3.05) is 6.54 Å². The number of nitrogens with one attached hydrogen (secondary N) is 1. The van der Waals surface area contributed by atoms with Crippen molar-refractivity contribution in [3.8, 4) is 0 Å². The van der Waals surface area contributed by atoms with Gasteiger partial charge in [0.25, 0.3) is 0 Å². The number of rotatable bonds is 16. The Morgan fingerprint density at radius 2 is 1.61 bits per heavy atom. The molecule has 10 nitrogen and oxygen atoms in total. The van der Waals surface area contributed by atoms with Gasteiger partial charge < -0.3 is 21.1 Å². The molecule has 204 valence electrons. The van der Waals surface area contributed by atoms with E-state index in [-0.39, 0.29) is 67.2 Å². The standard InChI is InChI=1S/C26H43N3O7/c1-6-16(4)24(27)20(31)9-11-22(33)28-25(15(2)3)21(32)14-17(5)26(36)29-13-7-8-18(29)19(30)10-12-23(34)35/h15-18,24-25H,6-14,27H2,1-5H3,(H,28,33)(H,34,35)/t16-,17+,18-,24-,25-/m0/s1. The number of carboxylic acids is 1. The summed E-state index contributed by atoms with van der Waals surface area (Å²) in [5, 5.41) is 11.5. The first-order valence-electron chi connectivity index (χ1n) is 12.9. The molecular weight excluding hydrogens is 466 g/mol. The molecule has 4 N–H and O–H groups in total. The van der Waals surface area contributed by atoms with Gasteiger partial charge in [-0.3, -0.25) is 28.8 Å². The third kappa shape index (κ3) is 9.44. The Labute approximate surface area is 213 Å². The summed E-state index contributed by atoms with van der Waals surface area (Å²) in [7, 11) is 0. The van der Waals surface area contributed by atoms with E-state index >= 15 is 0 Å². The summed E-state index contributed by atoms with van der Waals surface area (Å²) < 4.78 is 0. The van der Waals surface area contributed by atoms with Crippen LogP contribution in [0.25, 0.3) is 0 Å². The first kappa shape index (κ1) is 31.4. The molecule has 1 aliphatic rings. The minimum absolute atomic E-state index is 0.00249. The van der Waals surface area contributed by atoms with Crippen molar-refractivity contribution in [2.45, 2.75) is 104 Å². The van der Waals surface area contributed by atoms with Gasteiger partial charge in [0.2, 0.25) is 11.8 Å². The zero-order chi connectivity index (χ0) is 27.6. The molecule has 2 amide bonds. The summed E-state index contributed by atoms with van der Waals surface area (Å²) in [5.41, 5.74) is 5.93. The minimum atomic E-state index is -1.07. The van der Waals surface area contributed by atoms with Crippen molar-refractivity contribution in [2.24, 2.45) is 23.5 Å². The molecule has 1 rings (SSSR count). The number of nitrogens with zero attached hydrogens (tertiary/aromatic N) is 1. The van der Waals surface area contributed by atoms with Gasteiger partial charge in [-0.25, -0.2) is 0 Å². The van der Waals surface area contributed by atoms with E-state index in [4.69, 9.17) is 10.8 Å². The van der Waals surface area contributed by atoms with Crippen molar-refractivity contribution >= 4 is 35.1 Å². The van der Waals surface area contributed by atoms with Crippen LogP contribution >= 0.6 is 0 Å². The van der Waals surface area contributed by atoms with Gasteiger partial charge in [-0.1, -0.05) is 41.0 Å². The molecule has 5 atom stereocenters. The normalized spacial score (nSPS) is 18.9. The summed E-state index contributed by atoms with van der Waals surface area (Å²) in [6.45, 7) is 9.41. The van der Waals surface area contributed by atoms with Crippen LogP contribution in [-0.4, -0.2) is 69.8 Å². The average Bonchev–Trinajstić information content (AvgIpc) is 3.32. The number of carbonyl (C=O) groups excluding carboxylic acids is 5. The molecule has 1 fully saturated rings. The molecule has 36 heavy (non-hydrogen) atoms. The number of carbonyl (C=O) groups is 6. The largest absolute Gasteiger partial charge is 0.481 e. The highest BCUT2D eigenvalue weighted by Gasteiger charge is 2.37. The molecule has 0 aromatic carbocycles. The van der Waals surface area contributed by atoms with E-state index in [2.05, 4.69) is 5.32 Å². The van der Waals surface area contributed by atoms with Crippen molar-refractivity contribution in [3.05, 3.63) is 0 Å². The lowest BCUT2D eigenvalue weighted by Crippen LogP contribution is -2.47. The zero-order valence-electron chi connectivity index (χ0n) is 22.2. The van der Waals surface area contributed by atoms with E-state index in [1.807, 2.05) is 13.8 Å². The molecule has 0 radical (unpaired) electrons. The first-order valence-corrected chi connectivity index (χ1v) is 12.9. The van der Waals surface area contributed by atoms with Crippen LogP contribution in [-0.2, 0) is 28.8 Å². The summed E-state index contributed by atoms with van der Waals surface area (Å²) in [6, 6.07) is -2.09. The Balaban J connectivity index is 2.70. The fraction of sp³-hybridized carbons (Fsp3) is 0.769. The molecule has 0 saturated carbocycles. The number of hydrogen-bond acceptors (Lipinski definition) is 7. The molecule has 0 aliphatic carbocycles. The van der Waals surface area contributed by atoms with E-state index in [1.54, 1.807) is 20.8 Å². The minimum Gasteiger partial charge on any atom is -0.481 e. The average molecular weight is 510 g/mol. The van der Waals surface area contributed by atoms with Gasteiger partial charge in [-0.2, -0.15) is 0 Å². The maximum absolute atomic E-state index is 13.0. The number of carboxylic acid groups (broad SMARTS) is 1. The third-order valence-electron chi connectivity index (χ3n) is 6.98. The molecule has 0 spiro atoms. The van der Waals surface area contributed by atoms with E-state index in [0.717, 1.165) is 6.42 Å². The fourth-order valence-electron chi connectivity index (χ4n) is 4.40. The number of aliphatic carboxylic acids is 1. The number of amides is 2. The van der Waals surface area contributed by atoms with Gasteiger partial charge >= 0.3 is 5.97 Å². The van der Waals surface area contributed by atoms with Crippen LogP contribution in [0.3, 0.4) is 0 Å². The Bertz CT molecular complexity index is 826. The van der Waals surface area contributed by atoms with Crippen LogP contribution in [0.1, 0.15) is 86.0 Å². The number of ketones is 3. The number of likely N-dealkylation sites (tertiary alicyclic amines) is 1. The van der Waals surface area contributed by atoms with Gasteiger partial charge in [-0.15, -0.1) is 0 Å². The quantitative estimate of drug-likeness (QED) is 0.284. The number of Topliss-reactive ketones (excluding diaryl/α,β-unsaturated/α-hetero) is 3. The van der Waals surface area contributed by atoms with Crippen LogP contribution in [0.2, 0.25) is 0 Å². The smallest absolute Gasteiger partial charge is 0.303 e. The van der Waals surface area contributed by atoms with Crippen molar-refractivity contribution in [3.63, 3.8) is 0 Å². The van der Waals surface area contributed by atoms with Gasteiger partial charge in [0.15, 0.2) is 11.6 Å². The summed E-state index contributed by atoms with van der Waals surface area (Å²) >= 11 is 0. The molecule has 0 aromatic heterocycles. The van der Waals surface area contributed by atoms with Gasteiger partial charge in [-0.05, 0) is 24.7 Å². The van der Waals surface area contributed by atoms with Crippen LogP contribution in [0, 0.1) is 17.8 Å². The zero-order valence-corrected chi connectivity index (χ0v) is 22.2. The summed E-state index contributed by atoms with van der Waals surface area (Å²) in [5.74, 6) is -3.48. The summed E-state index contributed by atoms with van der Waals surface area (Å²) in [4.78, 5) is 75.4. The predicted molar refractivity (Wildman–Crippen MR) is 134 cm³/mol. The first-order chi connectivity index (χ1) is 16.8. The molecule has 0 bridgehead atoms. The van der Waals surface area contributed by atoms with E-state index in [1.165, 1.54) is 4.90 Å². The van der Waals surface area contributed by atoms with E-state index in [9.17, 15) is 28.8 Å². The van der Waals surface area contributed by atoms with Crippen LogP contribution in [0.4, 0.5) is 0 Å². The Morgan fingerprint density at radius 3 is 2.17 bits per heavy atom. The summed E-state index contributed by atoms with van der Waals surface area (Å²) in [6.07, 6.45) is 1.29. The second-order valence-corrected chi connectivity index (χ2v) is 10.3. The van der Waals surface area contributed by atoms with Crippen LogP contribution < -0.4 is 11.1 Å². The SMILES string of the molecule is CC[C@H](C)[C@H](N)C(=O)CCC(=O)N[C@H](C(=O)C[C@@H](C)C(=O)N1CCC[C@H]1C(=O)CCC(=O)O)C(C)C. The highest BCUT2D eigenvalue weighted by Crippen LogP contribution is 2.24. The van der Waals surface area contributed by atoms with Crippen LogP contribution in [0.5, 0.6) is 0 Å². The third-order valence-corrected chi connectivity index (χ3v) is 6.98. The predicted octanol–water partition coefficient (Wildman–Crippen LogP) is 1.87. The van der Waals surface area contributed by atoms with E-state index < -0.39 is 35.9 Å².